The number of carbonyl (C=O) groups excluding carboxylic acids is 1. The zero-order chi connectivity index (χ0) is 20.1. The number of benzene rings is 1. The van der Waals surface area contributed by atoms with Crippen molar-refractivity contribution >= 4 is 34.7 Å². The maximum Gasteiger partial charge on any atom is 0.256 e. The highest BCUT2D eigenvalue weighted by Gasteiger charge is 2.29. The van der Waals surface area contributed by atoms with Gasteiger partial charge in [-0.05, 0) is 43.2 Å². The number of hydrogen-bond acceptors (Lipinski definition) is 4. The maximum absolute atomic E-state index is 14.4. The van der Waals surface area contributed by atoms with Crippen molar-refractivity contribution in [3.05, 3.63) is 69.0 Å². The minimum Gasteiger partial charge on any atom is -0.354 e. The lowest BCUT2D eigenvalue weighted by molar-refractivity contribution is -0.115. The van der Waals surface area contributed by atoms with Gasteiger partial charge in [-0.1, -0.05) is 11.6 Å². The van der Waals surface area contributed by atoms with Crippen LogP contribution in [-0.4, -0.2) is 15.9 Å². The first-order valence-corrected chi connectivity index (χ1v) is 9.65. The molecule has 1 amide bonds. The molecule has 5 rings (SSSR count). The van der Waals surface area contributed by atoms with Crippen LogP contribution < -0.4 is 16.2 Å². The number of H-pyrrole nitrogens is 1. The molecule has 0 bridgehead atoms. The number of hydrogen-bond donors (Lipinski definition) is 3. The van der Waals surface area contributed by atoms with E-state index in [1.165, 1.54) is 18.2 Å². The molecule has 2 aliphatic rings. The average Bonchev–Trinajstić information content (AvgIpc) is 3.46. The Morgan fingerprint density at radius 2 is 1.93 bits per heavy atom. The summed E-state index contributed by atoms with van der Waals surface area (Å²) in [5.41, 5.74) is 2.91. The first-order valence-electron chi connectivity index (χ1n) is 9.27. The van der Waals surface area contributed by atoms with Gasteiger partial charge in [0, 0.05) is 39.6 Å². The fourth-order valence-corrected chi connectivity index (χ4v) is 3.80. The van der Waals surface area contributed by atoms with E-state index < -0.39 is 5.82 Å². The van der Waals surface area contributed by atoms with Gasteiger partial charge >= 0.3 is 0 Å². The van der Waals surface area contributed by atoms with Gasteiger partial charge < -0.3 is 15.6 Å². The summed E-state index contributed by atoms with van der Waals surface area (Å²) < 4.78 is 14.4. The lowest BCUT2D eigenvalue weighted by Gasteiger charge is -2.15. The lowest BCUT2D eigenvalue weighted by Crippen LogP contribution is -2.14. The normalized spacial score (nSPS) is 15.2. The molecule has 1 aliphatic heterocycles. The van der Waals surface area contributed by atoms with E-state index in [1.54, 1.807) is 18.3 Å². The summed E-state index contributed by atoms with van der Waals surface area (Å²) in [6, 6.07) is 7.55. The van der Waals surface area contributed by atoms with Gasteiger partial charge in [0.1, 0.15) is 11.6 Å². The number of nitrogens with one attached hydrogen (secondary N) is 3. The molecule has 0 spiro atoms. The van der Waals surface area contributed by atoms with Crippen LogP contribution in [0, 0.1) is 5.82 Å². The molecule has 2 aromatic heterocycles. The van der Waals surface area contributed by atoms with Gasteiger partial charge in [0.05, 0.1) is 17.7 Å². The number of rotatable bonds is 4. The highest BCUT2D eigenvalue weighted by Crippen LogP contribution is 2.44. The van der Waals surface area contributed by atoms with Crippen molar-refractivity contribution in [2.45, 2.75) is 25.2 Å². The molecule has 3 heterocycles. The summed E-state index contributed by atoms with van der Waals surface area (Å²) in [7, 11) is 0. The molecule has 0 radical (unpaired) electrons. The van der Waals surface area contributed by atoms with Crippen LogP contribution in [0.25, 0.3) is 11.1 Å². The Labute approximate surface area is 170 Å². The first-order chi connectivity index (χ1) is 14.0. The molecule has 146 valence electrons. The number of aromatic nitrogens is 2. The largest absolute Gasteiger partial charge is 0.354 e. The minimum atomic E-state index is -0.523. The number of amides is 1. The van der Waals surface area contributed by atoms with Crippen molar-refractivity contribution in [2.24, 2.45) is 0 Å². The third kappa shape index (κ3) is 3.27. The number of aromatic amines is 1. The highest BCUT2D eigenvalue weighted by molar-refractivity contribution is 6.30. The summed E-state index contributed by atoms with van der Waals surface area (Å²) in [4.78, 5) is 31.6. The second-order valence-corrected chi connectivity index (χ2v) is 7.71. The topological polar surface area (TPSA) is 86.9 Å². The van der Waals surface area contributed by atoms with Gasteiger partial charge in [-0.3, -0.25) is 9.59 Å². The summed E-state index contributed by atoms with van der Waals surface area (Å²) >= 11 is 6.02. The Balaban J connectivity index is 1.63. The van der Waals surface area contributed by atoms with E-state index in [0.717, 1.165) is 29.8 Å². The molecule has 0 unspecified atom stereocenters. The Kier molecular flexibility index (Phi) is 4.13. The molecule has 29 heavy (non-hydrogen) atoms. The molecule has 0 atom stereocenters. The smallest absolute Gasteiger partial charge is 0.256 e. The van der Waals surface area contributed by atoms with Gasteiger partial charge in [-0.15, -0.1) is 0 Å². The number of nitrogens with zero attached hydrogens (tertiary/aromatic N) is 1. The molecular weight excluding hydrogens is 395 g/mol. The molecule has 3 aromatic rings. The number of fused-ring (bicyclic) bond motifs is 1. The van der Waals surface area contributed by atoms with E-state index in [1.807, 2.05) is 0 Å². The van der Waals surface area contributed by atoms with E-state index in [2.05, 4.69) is 20.6 Å². The molecular formula is C21H16ClFN4O2. The quantitative estimate of drug-likeness (QED) is 0.597. The SMILES string of the molecule is O=C1Cc2c(Nc3cc(-c4cc(Cl)ccc4F)c(=O)[nH]c3C3CC3)ccnc2N1. The third-order valence-electron chi connectivity index (χ3n) is 5.20. The maximum atomic E-state index is 14.4. The van der Waals surface area contributed by atoms with Crippen LogP contribution in [0.4, 0.5) is 21.6 Å². The van der Waals surface area contributed by atoms with Crippen molar-refractivity contribution in [3.63, 3.8) is 0 Å². The number of carbonyl (C=O) groups is 1. The van der Waals surface area contributed by atoms with Gasteiger partial charge in [-0.2, -0.15) is 0 Å². The van der Waals surface area contributed by atoms with Gasteiger partial charge in [0.15, 0.2) is 0 Å². The summed E-state index contributed by atoms with van der Waals surface area (Å²) in [5, 5.41) is 6.40. The van der Waals surface area contributed by atoms with Crippen molar-refractivity contribution in [2.75, 3.05) is 10.6 Å². The monoisotopic (exact) mass is 410 g/mol. The van der Waals surface area contributed by atoms with Crippen molar-refractivity contribution in [1.82, 2.24) is 9.97 Å². The minimum absolute atomic E-state index is 0.118. The third-order valence-corrected chi connectivity index (χ3v) is 5.43. The predicted octanol–water partition coefficient (Wildman–Crippen LogP) is 4.35. The Hall–Kier alpha value is -3.19. The van der Waals surface area contributed by atoms with Crippen LogP contribution in [0.2, 0.25) is 5.02 Å². The number of anilines is 3. The second-order valence-electron chi connectivity index (χ2n) is 7.27. The van der Waals surface area contributed by atoms with Crippen LogP contribution in [0.15, 0.2) is 41.3 Å². The Bertz CT molecular complexity index is 1220. The molecule has 1 fully saturated rings. The Morgan fingerprint density at radius 3 is 2.72 bits per heavy atom. The Morgan fingerprint density at radius 1 is 1.10 bits per heavy atom. The van der Waals surface area contributed by atoms with Crippen molar-refractivity contribution < 1.29 is 9.18 Å². The predicted molar refractivity (Wildman–Crippen MR) is 109 cm³/mol. The van der Waals surface area contributed by atoms with Crippen LogP contribution in [0.1, 0.15) is 30.0 Å². The zero-order valence-corrected chi connectivity index (χ0v) is 15.9. The van der Waals surface area contributed by atoms with Crippen LogP contribution in [0.5, 0.6) is 0 Å². The molecule has 0 saturated heterocycles. The van der Waals surface area contributed by atoms with Crippen molar-refractivity contribution in [3.8, 4) is 11.1 Å². The fourth-order valence-electron chi connectivity index (χ4n) is 3.62. The molecule has 1 saturated carbocycles. The molecule has 8 heteroatoms. The van der Waals surface area contributed by atoms with Gasteiger partial charge in [0.25, 0.3) is 5.56 Å². The molecule has 1 aliphatic carbocycles. The highest BCUT2D eigenvalue weighted by atomic mass is 35.5. The molecule has 3 N–H and O–H groups in total. The van der Waals surface area contributed by atoms with E-state index in [0.29, 0.717) is 16.5 Å². The standard InChI is InChI=1S/C21H16ClFN4O2/c22-11-3-4-15(23)12(7-11)13-8-17(19(10-1-2-10)27-21(13)29)25-16-5-6-24-20-14(16)9-18(28)26-20/h3-8,10H,1-2,9H2,(H,27,29)(H2,24,25,26,28). The zero-order valence-electron chi connectivity index (χ0n) is 15.2. The lowest BCUT2D eigenvalue weighted by atomic mass is 10.0. The van der Waals surface area contributed by atoms with E-state index in [4.69, 9.17) is 11.6 Å². The summed E-state index contributed by atoms with van der Waals surface area (Å²) in [6.45, 7) is 0. The molecule has 6 nitrogen and oxygen atoms in total. The van der Waals surface area contributed by atoms with E-state index in [-0.39, 0.29) is 34.9 Å². The fraction of sp³-hybridized carbons (Fsp3) is 0.190. The average molecular weight is 411 g/mol. The first kappa shape index (κ1) is 17.9. The molecule has 1 aromatic carbocycles. The van der Waals surface area contributed by atoms with E-state index >= 15 is 0 Å². The summed E-state index contributed by atoms with van der Waals surface area (Å²) in [5.74, 6) is 0.133. The van der Waals surface area contributed by atoms with Gasteiger partial charge in [0.2, 0.25) is 5.91 Å². The number of pyridine rings is 2. The van der Waals surface area contributed by atoms with Gasteiger partial charge in [-0.25, -0.2) is 9.37 Å². The number of halogens is 2. The van der Waals surface area contributed by atoms with Crippen molar-refractivity contribution in [1.29, 1.82) is 0 Å². The second kappa shape index (κ2) is 6.70. The van der Waals surface area contributed by atoms with Crippen LogP contribution in [-0.2, 0) is 11.2 Å². The van der Waals surface area contributed by atoms with Crippen LogP contribution >= 0.6 is 11.6 Å². The van der Waals surface area contributed by atoms with Crippen LogP contribution in [0.3, 0.4) is 0 Å². The van der Waals surface area contributed by atoms with E-state index in [9.17, 15) is 14.0 Å². The summed E-state index contributed by atoms with van der Waals surface area (Å²) in [6.07, 6.45) is 3.78.